The van der Waals surface area contributed by atoms with Crippen LogP contribution in [0, 0.1) is 0 Å². The summed E-state index contributed by atoms with van der Waals surface area (Å²) >= 11 is 5.78. The lowest BCUT2D eigenvalue weighted by Gasteiger charge is -2.29. The molecule has 0 radical (unpaired) electrons. The van der Waals surface area contributed by atoms with Gasteiger partial charge in [-0.3, -0.25) is 9.48 Å². The monoisotopic (exact) mass is 257 g/mol. The Morgan fingerprint density at radius 3 is 2.65 bits per heavy atom. The normalized spacial score (nSPS) is 17.1. The number of aldehydes is 1. The maximum atomic E-state index is 10.7. The fourth-order valence-corrected chi connectivity index (χ4v) is 2.15. The molecule has 1 fully saturated rings. The number of rotatable bonds is 2. The largest absolute Gasteiger partial charge is 0.465 e. The molecular weight excluding hydrogens is 246 g/mol. The van der Waals surface area contributed by atoms with Gasteiger partial charge in [0.25, 0.3) is 0 Å². The summed E-state index contributed by atoms with van der Waals surface area (Å²) in [5, 5.41) is 13.1. The lowest BCUT2D eigenvalue weighted by atomic mass is 10.1. The first kappa shape index (κ1) is 11.9. The van der Waals surface area contributed by atoms with E-state index in [0.29, 0.717) is 37.8 Å². The lowest BCUT2D eigenvalue weighted by molar-refractivity contribution is 0.112. The van der Waals surface area contributed by atoms with E-state index in [1.165, 1.54) is 4.90 Å². The molecular formula is C10H12ClN3O3. The van der Waals surface area contributed by atoms with Gasteiger partial charge in [0.2, 0.25) is 0 Å². The van der Waals surface area contributed by atoms with Gasteiger partial charge in [-0.2, -0.15) is 5.10 Å². The highest BCUT2D eigenvalue weighted by Crippen LogP contribution is 2.24. The predicted octanol–water partition coefficient (Wildman–Crippen LogP) is 1.66. The summed E-state index contributed by atoms with van der Waals surface area (Å²) < 4.78 is 1.66. The Balaban J connectivity index is 2.05. The van der Waals surface area contributed by atoms with Crippen molar-refractivity contribution in [3.05, 3.63) is 16.9 Å². The third-order valence-corrected chi connectivity index (χ3v) is 3.24. The summed E-state index contributed by atoms with van der Waals surface area (Å²) in [4.78, 5) is 22.8. The molecule has 1 aromatic heterocycles. The number of carbonyl (C=O) groups excluding carboxylic acids is 1. The summed E-state index contributed by atoms with van der Waals surface area (Å²) in [5.74, 6) is 0. The molecule has 0 aliphatic carbocycles. The molecule has 6 nitrogen and oxygen atoms in total. The third kappa shape index (κ3) is 2.41. The zero-order valence-corrected chi connectivity index (χ0v) is 9.80. The molecule has 0 bridgehead atoms. The van der Waals surface area contributed by atoms with Crippen molar-refractivity contribution in [2.24, 2.45) is 0 Å². The standard InChI is InChI=1S/C10H12ClN3O3/c11-9-7(6-15)5-14(12-9)8-1-3-13(4-2-8)10(16)17/h5-6,8H,1-4H2,(H,16,17). The van der Waals surface area contributed by atoms with Crippen LogP contribution in [0.2, 0.25) is 5.15 Å². The molecule has 2 heterocycles. The van der Waals surface area contributed by atoms with Crippen molar-refractivity contribution < 1.29 is 14.7 Å². The number of aromatic nitrogens is 2. The minimum absolute atomic E-state index is 0.108. The van der Waals surface area contributed by atoms with Crippen LogP contribution in [-0.4, -0.2) is 45.3 Å². The van der Waals surface area contributed by atoms with Crippen LogP contribution in [0.25, 0.3) is 0 Å². The van der Waals surface area contributed by atoms with Gasteiger partial charge < -0.3 is 10.0 Å². The molecule has 1 aliphatic heterocycles. The zero-order chi connectivity index (χ0) is 12.4. The Morgan fingerprint density at radius 1 is 1.53 bits per heavy atom. The first-order valence-electron chi connectivity index (χ1n) is 5.29. The summed E-state index contributed by atoms with van der Waals surface area (Å²) in [6.07, 6.45) is 2.75. The van der Waals surface area contributed by atoms with Crippen LogP contribution >= 0.6 is 11.6 Å². The molecule has 0 atom stereocenters. The van der Waals surface area contributed by atoms with Gasteiger partial charge in [-0.05, 0) is 12.8 Å². The Morgan fingerprint density at radius 2 is 2.18 bits per heavy atom. The highest BCUT2D eigenvalue weighted by Gasteiger charge is 2.24. The lowest BCUT2D eigenvalue weighted by Crippen LogP contribution is -2.38. The van der Waals surface area contributed by atoms with Gasteiger partial charge in [-0.1, -0.05) is 11.6 Å². The number of halogens is 1. The van der Waals surface area contributed by atoms with E-state index in [1.807, 2.05) is 0 Å². The number of likely N-dealkylation sites (tertiary alicyclic amines) is 1. The molecule has 1 amide bonds. The number of carbonyl (C=O) groups is 2. The maximum Gasteiger partial charge on any atom is 0.407 e. The second-order valence-corrected chi connectivity index (χ2v) is 4.33. The van der Waals surface area contributed by atoms with Crippen LogP contribution in [0.4, 0.5) is 4.79 Å². The Bertz CT molecular complexity index is 438. The van der Waals surface area contributed by atoms with Crippen molar-refractivity contribution >= 4 is 24.0 Å². The van der Waals surface area contributed by atoms with Crippen LogP contribution in [0.5, 0.6) is 0 Å². The number of hydrogen-bond acceptors (Lipinski definition) is 3. The van der Waals surface area contributed by atoms with Crippen LogP contribution < -0.4 is 0 Å². The molecule has 0 spiro atoms. The second kappa shape index (κ2) is 4.75. The molecule has 0 saturated carbocycles. The molecule has 7 heteroatoms. The Hall–Kier alpha value is -1.56. The van der Waals surface area contributed by atoms with Crippen molar-refractivity contribution in [3.8, 4) is 0 Å². The van der Waals surface area contributed by atoms with E-state index in [2.05, 4.69) is 5.10 Å². The van der Waals surface area contributed by atoms with Crippen molar-refractivity contribution in [1.82, 2.24) is 14.7 Å². The average molecular weight is 258 g/mol. The molecule has 17 heavy (non-hydrogen) atoms. The topological polar surface area (TPSA) is 75.4 Å². The number of hydrogen-bond donors (Lipinski definition) is 1. The van der Waals surface area contributed by atoms with Crippen LogP contribution in [-0.2, 0) is 0 Å². The van der Waals surface area contributed by atoms with E-state index < -0.39 is 6.09 Å². The van der Waals surface area contributed by atoms with Gasteiger partial charge >= 0.3 is 6.09 Å². The third-order valence-electron chi connectivity index (χ3n) is 2.95. The zero-order valence-electron chi connectivity index (χ0n) is 9.04. The van der Waals surface area contributed by atoms with Crippen LogP contribution in [0.15, 0.2) is 6.20 Å². The average Bonchev–Trinajstić information content (AvgIpc) is 2.70. The van der Waals surface area contributed by atoms with E-state index in [-0.39, 0.29) is 11.2 Å². The Kier molecular flexibility index (Phi) is 3.33. The first-order chi connectivity index (χ1) is 8.11. The number of piperidine rings is 1. The van der Waals surface area contributed by atoms with Gasteiger partial charge in [-0.15, -0.1) is 0 Å². The smallest absolute Gasteiger partial charge is 0.407 e. The number of amides is 1. The molecule has 1 saturated heterocycles. The predicted molar refractivity (Wildman–Crippen MR) is 60.5 cm³/mol. The van der Waals surface area contributed by atoms with E-state index in [4.69, 9.17) is 16.7 Å². The summed E-state index contributed by atoms with van der Waals surface area (Å²) in [6, 6.07) is 0.108. The summed E-state index contributed by atoms with van der Waals surface area (Å²) in [7, 11) is 0. The minimum atomic E-state index is -0.893. The fraction of sp³-hybridized carbons (Fsp3) is 0.500. The van der Waals surface area contributed by atoms with Gasteiger partial charge in [0.05, 0.1) is 11.6 Å². The molecule has 0 unspecified atom stereocenters. The first-order valence-corrected chi connectivity index (χ1v) is 5.67. The van der Waals surface area contributed by atoms with Crippen molar-refractivity contribution in [2.75, 3.05) is 13.1 Å². The number of carboxylic acid groups (broad SMARTS) is 1. The highest BCUT2D eigenvalue weighted by atomic mass is 35.5. The van der Waals surface area contributed by atoms with Gasteiger partial charge in [-0.25, -0.2) is 4.79 Å². The number of nitrogens with zero attached hydrogens (tertiary/aromatic N) is 3. The maximum absolute atomic E-state index is 10.7. The van der Waals surface area contributed by atoms with Crippen molar-refractivity contribution in [2.45, 2.75) is 18.9 Å². The molecule has 92 valence electrons. The Labute approximate surface area is 103 Å². The SMILES string of the molecule is O=Cc1cn(C2CCN(C(=O)O)CC2)nc1Cl. The van der Waals surface area contributed by atoms with E-state index in [1.54, 1.807) is 10.9 Å². The van der Waals surface area contributed by atoms with Crippen LogP contribution in [0.3, 0.4) is 0 Å². The van der Waals surface area contributed by atoms with E-state index in [9.17, 15) is 9.59 Å². The minimum Gasteiger partial charge on any atom is -0.465 e. The molecule has 2 rings (SSSR count). The van der Waals surface area contributed by atoms with E-state index >= 15 is 0 Å². The summed E-state index contributed by atoms with van der Waals surface area (Å²) in [6.45, 7) is 0.960. The molecule has 1 aliphatic rings. The highest BCUT2D eigenvalue weighted by molar-refractivity contribution is 6.31. The molecule has 1 aromatic rings. The molecule has 1 N–H and O–H groups in total. The van der Waals surface area contributed by atoms with Crippen molar-refractivity contribution in [1.29, 1.82) is 0 Å². The second-order valence-electron chi connectivity index (χ2n) is 3.97. The van der Waals surface area contributed by atoms with Gasteiger partial charge in [0.1, 0.15) is 0 Å². The summed E-state index contributed by atoms with van der Waals surface area (Å²) in [5.41, 5.74) is 0.368. The van der Waals surface area contributed by atoms with Crippen molar-refractivity contribution in [3.63, 3.8) is 0 Å². The molecule has 0 aromatic carbocycles. The van der Waals surface area contributed by atoms with Gasteiger partial charge in [0.15, 0.2) is 11.4 Å². The quantitative estimate of drug-likeness (QED) is 0.818. The van der Waals surface area contributed by atoms with Gasteiger partial charge in [0, 0.05) is 19.3 Å². The van der Waals surface area contributed by atoms with Crippen LogP contribution in [0.1, 0.15) is 29.2 Å². The fourth-order valence-electron chi connectivity index (χ4n) is 1.97. The van der Waals surface area contributed by atoms with E-state index in [0.717, 1.165) is 0 Å².